The summed E-state index contributed by atoms with van der Waals surface area (Å²) in [7, 11) is 0. The van der Waals surface area contributed by atoms with Crippen molar-refractivity contribution < 1.29 is 14.6 Å². The Morgan fingerprint density at radius 2 is 1.85 bits per heavy atom. The van der Waals surface area contributed by atoms with Crippen LogP contribution >= 0.6 is 0 Å². The van der Waals surface area contributed by atoms with Gasteiger partial charge in [0.2, 0.25) is 0 Å². The molecule has 66 valence electrons. The summed E-state index contributed by atoms with van der Waals surface area (Å²) in [6, 6.07) is 5.27. The van der Waals surface area contributed by atoms with E-state index in [9.17, 15) is 9.90 Å². The fourth-order valence-corrected chi connectivity index (χ4v) is 1.12. The quantitative estimate of drug-likeness (QED) is 0.469. The summed E-state index contributed by atoms with van der Waals surface area (Å²) < 4.78 is 4.77. The second-order valence-corrected chi connectivity index (χ2v) is 2.60. The van der Waals surface area contributed by atoms with E-state index in [4.69, 9.17) is 9.52 Å². The molecule has 2 rings (SSSR count). The largest absolute Gasteiger partial charge is 0.504 e. The predicted octanol–water partition coefficient (Wildman–Crippen LogP) is 1.20. The first-order valence-electron chi connectivity index (χ1n) is 3.63. The maximum Gasteiger partial charge on any atom is 0.336 e. The molecule has 2 aromatic rings. The van der Waals surface area contributed by atoms with Crippen molar-refractivity contribution in [2.45, 2.75) is 0 Å². The smallest absolute Gasteiger partial charge is 0.336 e. The Kier molecular flexibility index (Phi) is 1.48. The van der Waals surface area contributed by atoms with Gasteiger partial charge in [0, 0.05) is 6.07 Å². The number of hydrogen-bond acceptors (Lipinski definition) is 4. The fraction of sp³-hybridized carbons (Fsp3) is 0. The summed E-state index contributed by atoms with van der Waals surface area (Å²) in [4.78, 5) is 10.8. The van der Waals surface area contributed by atoms with Crippen LogP contribution in [0.5, 0.6) is 11.5 Å². The molecule has 0 bridgehead atoms. The minimum Gasteiger partial charge on any atom is -0.504 e. The van der Waals surface area contributed by atoms with Crippen LogP contribution in [0.25, 0.3) is 11.0 Å². The van der Waals surface area contributed by atoms with Gasteiger partial charge in [0.1, 0.15) is 5.58 Å². The molecule has 1 aromatic heterocycles. The van der Waals surface area contributed by atoms with E-state index in [0.717, 1.165) is 0 Å². The maximum atomic E-state index is 10.8. The van der Waals surface area contributed by atoms with E-state index in [1.54, 1.807) is 0 Å². The van der Waals surface area contributed by atoms with Gasteiger partial charge in [0.05, 0.1) is 5.39 Å². The first-order chi connectivity index (χ1) is 6.18. The lowest BCUT2D eigenvalue weighted by Gasteiger charge is -2.00. The van der Waals surface area contributed by atoms with Gasteiger partial charge in [-0.25, -0.2) is 4.79 Å². The van der Waals surface area contributed by atoms with Crippen molar-refractivity contribution in [3.8, 4) is 11.5 Å². The van der Waals surface area contributed by atoms with E-state index < -0.39 is 5.63 Å². The molecule has 0 aliphatic heterocycles. The monoisotopic (exact) mass is 178 g/mol. The van der Waals surface area contributed by atoms with Crippen molar-refractivity contribution >= 4 is 11.0 Å². The topological polar surface area (TPSA) is 70.7 Å². The zero-order valence-electron chi connectivity index (χ0n) is 6.52. The van der Waals surface area contributed by atoms with Gasteiger partial charge in [-0.1, -0.05) is 0 Å². The number of fused-ring (bicyclic) bond motifs is 1. The van der Waals surface area contributed by atoms with Crippen LogP contribution in [0.15, 0.2) is 33.5 Å². The highest BCUT2D eigenvalue weighted by atomic mass is 16.4. The molecule has 0 spiro atoms. The Morgan fingerprint density at radius 3 is 2.62 bits per heavy atom. The molecule has 0 atom stereocenters. The predicted molar refractivity (Wildman–Crippen MR) is 45.8 cm³/mol. The molecular weight excluding hydrogens is 172 g/mol. The van der Waals surface area contributed by atoms with Crippen LogP contribution in [-0.4, -0.2) is 10.2 Å². The first-order valence-corrected chi connectivity index (χ1v) is 3.63. The van der Waals surface area contributed by atoms with Crippen LogP contribution in [0.3, 0.4) is 0 Å². The molecule has 0 saturated heterocycles. The maximum absolute atomic E-state index is 10.8. The zero-order chi connectivity index (χ0) is 9.42. The Balaban J connectivity index is 2.95. The summed E-state index contributed by atoms with van der Waals surface area (Å²) in [5.41, 5.74) is -0.236. The third kappa shape index (κ3) is 1.12. The molecule has 0 unspecified atom stereocenters. The first kappa shape index (κ1) is 7.67. The van der Waals surface area contributed by atoms with Crippen molar-refractivity contribution in [2.24, 2.45) is 0 Å². The highest BCUT2D eigenvalue weighted by molar-refractivity contribution is 5.85. The lowest BCUT2D eigenvalue weighted by molar-refractivity contribution is 0.407. The SMILES string of the molecule is O=c1ccc2c(O)c(O)ccc2o1. The number of benzene rings is 1. The molecule has 1 heterocycles. The Hall–Kier alpha value is -1.97. The van der Waals surface area contributed by atoms with Gasteiger partial charge in [0.15, 0.2) is 11.5 Å². The van der Waals surface area contributed by atoms with Crippen molar-refractivity contribution in [1.82, 2.24) is 0 Å². The lowest BCUT2D eigenvalue weighted by Crippen LogP contribution is -1.93. The van der Waals surface area contributed by atoms with Crippen LogP contribution in [0, 0.1) is 0 Å². The van der Waals surface area contributed by atoms with Crippen LogP contribution < -0.4 is 5.63 Å². The number of rotatable bonds is 0. The van der Waals surface area contributed by atoms with Crippen LogP contribution in [0.2, 0.25) is 0 Å². The van der Waals surface area contributed by atoms with Gasteiger partial charge in [-0.2, -0.15) is 0 Å². The van der Waals surface area contributed by atoms with Crippen molar-refractivity contribution in [2.75, 3.05) is 0 Å². The lowest BCUT2D eigenvalue weighted by atomic mass is 10.2. The molecule has 0 fully saturated rings. The average Bonchev–Trinajstić information content (AvgIpc) is 2.12. The molecule has 0 amide bonds. The minimum absolute atomic E-state index is 0.235. The van der Waals surface area contributed by atoms with Gasteiger partial charge in [-0.15, -0.1) is 0 Å². The van der Waals surface area contributed by atoms with Gasteiger partial charge in [0.25, 0.3) is 0 Å². The van der Waals surface area contributed by atoms with Crippen LogP contribution in [-0.2, 0) is 0 Å². The third-order valence-electron chi connectivity index (χ3n) is 1.75. The molecule has 0 aliphatic rings. The van der Waals surface area contributed by atoms with E-state index in [2.05, 4.69) is 0 Å². The molecule has 1 aromatic carbocycles. The highest BCUT2D eigenvalue weighted by Gasteiger charge is 2.06. The Morgan fingerprint density at radius 1 is 1.08 bits per heavy atom. The van der Waals surface area contributed by atoms with E-state index in [-0.39, 0.29) is 17.1 Å². The summed E-state index contributed by atoms with van der Waals surface area (Å²) >= 11 is 0. The van der Waals surface area contributed by atoms with Gasteiger partial charge in [-0.05, 0) is 18.2 Å². The van der Waals surface area contributed by atoms with Crippen molar-refractivity contribution in [3.63, 3.8) is 0 Å². The summed E-state index contributed by atoms with van der Waals surface area (Å²) in [5, 5.41) is 18.8. The number of hydrogen-bond donors (Lipinski definition) is 2. The fourth-order valence-electron chi connectivity index (χ4n) is 1.12. The van der Waals surface area contributed by atoms with Gasteiger partial charge in [-0.3, -0.25) is 0 Å². The molecule has 4 nitrogen and oxygen atoms in total. The highest BCUT2D eigenvalue weighted by Crippen LogP contribution is 2.32. The molecule has 0 saturated carbocycles. The average molecular weight is 178 g/mol. The minimum atomic E-state index is -0.488. The molecule has 2 N–H and O–H groups in total. The molecule has 4 heteroatoms. The van der Waals surface area contributed by atoms with Crippen LogP contribution in [0.4, 0.5) is 0 Å². The molecular formula is C9H6O4. The summed E-state index contributed by atoms with van der Waals surface area (Å²) in [6.45, 7) is 0. The molecule has 0 radical (unpaired) electrons. The van der Waals surface area contributed by atoms with E-state index in [1.165, 1.54) is 24.3 Å². The van der Waals surface area contributed by atoms with Gasteiger partial charge < -0.3 is 14.6 Å². The van der Waals surface area contributed by atoms with Crippen molar-refractivity contribution in [1.29, 1.82) is 0 Å². The second kappa shape index (κ2) is 2.52. The Labute approximate surface area is 72.7 Å². The number of phenolic OH excluding ortho intramolecular Hbond substituents is 2. The molecule has 13 heavy (non-hydrogen) atoms. The van der Waals surface area contributed by atoms with E-state index >= 15 is 0 Å². The zero-order valence-corrected chi connectivity index (χ0v) is 6.52. The normalized spacial score (nSPS) is 10.5. The molecule has 0 aliphatic carbocycles. The van der Waals surface area contributed by atoms with Crippen molar-refractivity contribution in [3.05, 3.63) is 34.7 Å². The number of aromatic hydroxyl groups is 2. The van der Waals surface area contributed by atoms with E-state index in [1.807, 2.05) is 0 Å². The van der Waals surface area contributed by atoms with Crippen LogP contribution in [0.1, 0.15) is 0 Å². The third-order valence-corrected chi connectivity index (χ3v) is 1.75. The summed E-state index contributed by atoms with van der Waals surface area (Å²) in [6.07, 6.45) is 0. The standard InChI is InChI=1S/C9H6O4/c10-6-2-3-7-5(9(6)12)1-4-8(11)13-7/h1-4,10,12H. The Bertz CT molecular complexity index is 512. The van der Waals surface area contributed by atoms with E-state index in [0.29, 0.717) is 5.39 Å². The number of phenols is 2. The van der Waals surface area contributed by atoms with Gasteiger partial charge >= 0.3 is 5.63 Å². The summed E-state index contributed by atoms with van der Waals surface area (Å²) in [5.74, 6) is -0.511. The second-order valence-electron chi connectivity index (χ2n) is 2.60.